The molecule has 0 aromatic carbocycles. The lowest BCUT2D eigenvalue weighted by Gasteiger charge is -2.19. The smallest absolute Gasteiger partial charge is 0.357 e. The van der Waals surface area contributed by atoms with Crippen molar-refractivity contribution in [2.75, 3.05) is 32.7 Å². The van der Waals surface area contributed by atoms with Gasteiger partial charge < -0.3 is 15.2 Å². The van der Waals surface area contributed by atoms with E-state index in [9.17, 15) is 18.0 Å². The average Bonchev–Trinajstić information content (AvgIpc) is 3.02. The lowest BCUT2D eigenvalue weighted by atomic mass is 10.2. The van der Waals surface area contributed by atoms with Crippen LogP contribution in [0.2, 0.25) is 0 Å². The molecule has 2 N–H and O–H groups in total. The van der Waals surface area contributed by atoms with E-state index >= 15 is 0 Å². The molecule has 1 atom stereocenters. The SMILES string of the molecule is CCNC(=NCCCCn1c(C)cccc1=O)NC1CCN(CC(F)(F)F)C1.I. The molecular weight excluding hydrogens is 498 g/mol. The fourth-order valence-corrected chi connectivity index (χ4v) is 3.34. The number of likely N-dealkylation sites (tertiary alicyclic amines) is 1. The van der Waals surface area contributed by atoms with E-state index in [0.29, 0.717) is 45.1 Å². The number of nitrogens with zero attached hydrogens (tertiary/aromatic N) is 3. The zero-order chi connectivity index (χ0) is 20.6. The molecule has 1 saturated heterocycles. The van der Waals surface area contributed by atoms with E-state index < -0.39 is 12.7 Å². The topological polar surface area (TPSA) is 61.7 Å². The predicted molar refractivity (Wildman–Crippen MR) is 120 cm³/mol. The second kappa shape index (κ2) is 12.4. The summed E-state index contributed by atoms with van der Waals surface area (Å²) in [5.74, 6) is 0.634. The van der Waals surface area contributed by atoms with Crippen molar-refractivity contribution in [3.8, 4) is 0 Å². The molecule has 0 spiro atoms. The van der Waals surface area contributed by atoms with E-state index in [1.807, 2.05) is 19.9 Å². The molecule has 1 fully saturated rings. The second-order valence-electron chi connectivity index (χ2n) is 7.11. The molecule has 0 aliphatic carbocycles. The number of hydrogen-bond donors (Lipinski definition) is 2. The minimum absolute atomic E-state index is 0. The fourth-order valence-electron chi connectivity index (χ4n) is 3.34. The van der Waals surface area contributed by atoms with E-state index in [1.54, 1.807) is 16.7 Å². The molecule has 0 bridgehead atoms. The lowest BCUT2D eigenvalue weighted by Crippen LogP contribution is -2.45. The van der Waals surface area contributed by atoms with Gasteiger partial charge in [-0.3, -0.25) is 14.7 Å². The van der Waals surface area contributed by atoms with E-state index in [0.717, 1.165) is 18.5 Å². The first-order valence-corrected chi connectivity index (χ1v) is 9.79. The van der Waals surface area contributed by atoms with Crippen LogP contribution in [0.15, 0.2) is 28.0 Å². The van der Waals surface area contributed by atoms with Crippen LogP contribution < -0.4 is 16.2 Å². The molecule has 0 saturated carbocycles. The van der Waals surface area contributed by atoms with Crippen molar-refractivity contribution in [1.29, 1.82) is 0 Å². The van der Waals surface area contributed by atoms with Gasteiger partial charge in [0, 0.05) is 50.5 Å². The number of alkyl halides is 3. The van der Waals surface area contributed by atoms with Crippen molar-refractivity contribution in [3.05, 3.63) is 34.2 Å². The fraction of sp³-hybridized carbons (Fsp3) is 0.684. The molecule has 6 nitrogen and oxygen atoms in total. The first-order valence-electron chi connectivity index (χ1n) is 9.79. The maximum atomic E-state index is 12.5. The van der Waals surface area contributed by atoms with Crippen LogP contribution >= 0.6 is 24.0 Å². The van der Waals surface area contributed by atoms with Gasteiger partial charge in [0.25, 0.3) is 5.56 Å². The number of nitrogens with one attached hydrogen (secondary N) is 2. The summed E-state index contributed by atoms with van der Waals surface area (Å²) in [5, 5.41) is 6.38. The van der Waals surface area contributed by atoms with Crippen molar-refractivity contribution >= 4 is 29.9 Å². The summed E-state index contributed by atoms with van der Waals surface area (Å²) in [6, 6.07) is 5.19. The van der Waals surface area contributed by atoms with Crippen LogP contribution in [-0.2, 0) is 6.54 Å². The highest BCUT2D eigenvalue weighted by atomic mass is 127. The van der Waals surface area contributed by atoms with E-state index in [1.165, 1.54) is 4.90 Å². The Bertz CT molecular complexity index is 708. The molecular formula is C19H31F3IN5O. The van der Waals surface area contributed by atoms with Crippen LogP contribution in [0.3, 0.4) is 0 Å². The van der Waals surface area contributed by atoms with Crippen molar-refractivity contribution in [1.82, 2.24) is 20.1 Å². The van der Waals surface area contributed by atoms with Crippen molar-refractivity contribution in [2.45, 2.75) is 51.9 Å². The van der Waals surface area contributed by atoms with E-state index in [4.69, 9.17) is 0 Å². The minimum atomic E-state index is -4.16. The standard InChI is InChI=1S/C19H30F3N5O.HI/c1-3-23-18(25-16-9-12-26(13-16)14-19(20,21)22)24-10-4-5-11-27-15(2)7-6-8-17(27)28;/h6-8,16H,3-5,9-14H2,1-2H3,(H2,23,24,25);1H. The summed E-state index contributed by atoms with van der Waals surface area (Å²) in [7, 11) is 0. The first kappa shape index (κ1) is 25.7. The normalized spacial score (nSPS) is 17.8. The minimum Gasteiger partial charge on any atom is -0.357 e. The van der Waals surface area contributed by atoms with Crippen LogP contribution in [0.25, 0.3) is 0 Å². The Morgan fingerprint density at radius 3 is 2.72 bits per heavy atom. The van der Waals surface area contributed by atoms with Crippen LogP contribution in [0.1, 0.15) is 31.9 Å². The van der Waals surface area contributed by atoms with Crippen molar-refractivity contribution in [3.63, 3.8) is 0 Å². The molecule has 166 valence electrons. The molecule has 1 aromatic heterocycles. The van der Waals surface area contributed by atoms with Gasteiger partial charge in [-0.1, -0.05) is 6.07 Å². The van der Waals surface area contributed by atoms with Crippen LogP contribution in [0, 0.1) is 6.92 Å². The highest BCUT2D eigenvalue weighted by Crippen LogP contribution is 2.19. The Morgan fingerprint density at radius 1 is 1.31 bits per heavy atom. The lowest BCUT2D eigenvalue weighted by molar-refractivity contribution is -0.143. The Morgan fingerprint density at radius 2 is 2.07 bits per heavy atom. The predicted octanol–water partition coefficient (Wildman–Crippen LogP) is 2.75. The summed E-state index contributed by atoms with van der Waals surface area (Å²) in [5.41, 5.74) is 0.943. The number of rotatable bonds is 8. The van der Waals surface area contributed by atoms with Gasteiger partial charge >= 0.3 is 6.18 Å². The Balaban J connectivity index is 0.00000420. The maximum absolute atomic E-state index is 12.5. The van der Waals surface area contributed by atoms with Gasteiger partial charge in [0.15, 0.2) is 5.96 Å². The molecule has 1 aliphatic heterocycles. The van der Waals surface area contributed by atoms with Gasteiger partial charge in [-0.2, -0.15) is 13.2 Å². The Kier molecular flexibility index (Phi) is 11.0. The van der Waals surface area contributed by atoms with Gasteiger partial charge in [0.1, 0.15) is 0 Å². The zero-order valence-electron chi connectivity index (χ0n) is 17.0. The summed E-state index contributed by atoms with van der Waals surface area (Å²) >= 11 is 0. The molecule has 10 heteroatoms. The van der Waals surface area contributed by atoms with E-state index in [-0.39, 0.29) is 35.6 Å². The average molecular weight is 529 g/mol. The van der Waals surface area contributed by atoms with Crippen LogP contribution in [0.4, 0.5) is 13.2 Å². The van der Waals surface area contributed by atoms with Gasteiger partial charge in [0.05, 0.1) is 6.54 Å². The highest BCUT2D eigenvalue weighted by Gasteiger charge is 2.34. The largest absolute Gasteiger partial charge is 0.401 e. The zero-order valence-corrected chi connectivity index (χ0v) is 19.3. The van der Waals surface area contributed by atoms with Crippen molar-refractivity contribution in [2.24, 2.45) is 4.99 Å². The number of aryl methyl sites for hydroxylation is 1. The molecule has 0 radical (unpaired) electrons. The monoisotopic (exact) mass is 529 g/mol. The third-order valence-corrected chi connectivity index (χ3v) is 4.69. The molecule has 1 aliphatic rings. The summed E-state index contributed by atoms with van der Waals surface area (Å²) in [6.07, 6.45) is -1.85. The van der Waals surface area contributed by atoms with E-state index in [2.05, 4.69) is 15.6 Å². The Hall–Kier alpha value is -1.30. The molecule has 2 rings (SSSR count). The number of halogens is 4. The highest BCUT2D eigenvalue weighted by molar-refractivity contribution is 14.0. The molecule has 0 amide bonds. The molecule has 2 heterocycles. The number of aromatic nitrogens is 1. The van der Waals surface area contributed by atoms with Crippen molar-refractivity contribution < 1.29 is 13.2 Å². The summed E-state index contributed by atoms with van der Waals surface area (Å²) < 4.78 is 39.3. The third kappa shape index (κ3) is 9.37. The Labute approximate surface area is 187 Å². The van der Waals surface area contributed by atoms with Gasteiger partial charge in [-0.05, 0) is 39.2 Å². The summed E-state index contributed by atoms with van der Waals surface area (Å²) in [6.45, 7) is 5.72. The summed E-state index contributed by atoms with van der Waals surface area (Å²) in [4.78, 5) is 17.8. The first-order chi connectivity index (χ1) is 13.3. The number of unbranched alkanes of at least 4 members (excludes halogenated alkanes) is 1. The quantitative estimate of drug-likeness (QED) is 0.236. The number of aliphatic imine (C=N–C) groups is 1. The number of hydrogen-bond acceptors (Lipinski definition) is 3. The molecule has 1 aromatic rings. The number of pyridine rings is 1. The molecule has 1 unspecified atom stereocenters. The van der Waals surface area contributed by atoms with Gasteiger partial charge in [0.2, 0.25) is 0 Å². The van der Waals surface area contributed by atoms with Gasteiger partial charge in [-0.15, -0.1) is 24.0 Å². The second-order valence-corrected chi connectivity index (χ2v) is 7.11. The van der Waals surface area contributed by atoms with Crippen LogP contribution in [-0.4, -0.2) is 60.4 Å². The number of guanidine groups is 1. The van der Waals surface area contributed by atoms with Crippen LogP contribution in [0.5, 0.6) is 0 Å². The molecule has 29 heavy (non-hydrogen) atoms. The maximum Gasteiger partial charge on any atom is 0.401 e. The van der Waals surface area contributed by atoms with Gasteiger partial charge in [-0.25, -0.2) is 0 Å². The third-order valence-electron chi connectivity index (χ3n) is 4.69.